The van der Waals surface area contributed by atoms with E-state index in [9.17, 15) is 19.2 Å². The van der Waals surface area contributed by atoms with Crippen LogP contribution in [0.25, 0.3) is 0 Å². The van der Waals surface area contributed by atoms with E-state index in [2.05, 4.69) is 0 Å². The predicted molar refractivity (Wildman–Crippen MR) is 62.7 cm³/mol. The summed E-state index contributed by atoms with van der Waals surface area (Å²) in [6, 6.07) is 0. The van der Waals surface area contributed by atoms with Crippen LogP contribution in [0, 0.1) is 17.8 Å². The van der Waals surface area contributed by atoms with Crippen molar-refractivity contribution in [1.29, 1.82) is 0 Å². The Morgan fingerprint density at radius 1 is 1.00 bits per heavy atom. The number of Topliss-reactive ketones (excluding diaryl/α,β-unsaturated/α-hetero) is 2. The molecule has 98 valence electrons. The third-order valence-electron chi connectivity index (χ3n) is 5.16. The van der Waals surface area contributed by atoms with Crippen LogP contribution in [0.15, 0.2) is 12.2 Å². The number of rotatable bonds is 1. The van der Waals surface area contributed by atoms with E-state index in [0.29, 0.717) is 25.2 Å². The van der Waals surface area contributed by atoms with Crippen molar-refractivity contribution in [2.75, 3.05) is 0 Å². The maximum absolute atomic E-state index is 12.6. The Balaban J connectivity index is 1.83. The van der Waals surface area contributed by atoms with Gasteiger partial charge >= 0.3 is 0 Å². The van der Waals surface area contributed by atoms with Crippen molar-refractivity contribution < 1.29 is 19.2 Å². The Hall–Kier alpha value is -1.78. The van der Waals surface area contributed by atoms with Crippen molar-refractivity contribution in [3.05, 3.63) is 12.2 Å². The molecule has 5 heteroatoms. The maximum Gasteiger partial charge on any atom is 0.254 e. The zero-order chi connectivity index (χ0) is 13.4. The summed E-state index contributed by atoms with van der Waals surface area (Å²) in [7, 11) is 0. The molecule has 1 heterocycles. The second-order valence-corrected chi connectivity index (χ2v) is 6.14. The minimum absolute atomic E-state index is 0.0311. The molecule has 0 aromatic carbocycles. The van der Waals surface area contributed by atoms with E-state index in [4.69, 9.17) is 0 Å². The molecule has 0 radical (unpaired) electrons. The lowest BCUT2D eigenvalue weighted by atomic mass is 9.51. The summed E-state index contributed by atoms with van der Waals surface area (Å²) in [6.45, 7) is 0. The lowest BCUT2D eigenvalue weighted by molar-refractivity contribution is -0.173. The Labute approximate surface area is 109 Å². The van der Waals surface area contributed by atoms with Crippen molar-refractivity contribution in [1.82, 2.24) is 4.90 Å². The van der Waals surface area contributed by atoms with Gasteiger partial charge in [-0.1, -0.05) is 0 Å². The molecule has 4 saturated carbocycles. The second-order valence-electron chi connectivity index (χ2n) is 6.14. The van der Waals surface area contributed by atoms with Gasteiger partial charge in [0, 0.05) is 18.1 Å². The first kappa shape index (κ1) is 11.1. The fraction of sp³-hybridized carbons (Fsp3) is 0.571. The summed E-state index contributed by atoms with van der Waals surface area (Å²) >= 11 is 0. The highest BCUT2D eigenvalue weighted by atomic mass is 16.2. The van der Waals surface area contributed by atoms with Gasteiger partial charge in [-0.25, -0.2) is 0 Å². The summed E-state index contributed by atoms with van der Waals surface area (Å²) in [5, 5.41) is 0. The molecule has 2 amide bonds. The number of ketones is 2. The van der Waals surface area contributed by atoms with Gasteiger partial charge in [-0.3, -0.25) is 24.1 Å². The summed E-state index contributed by atoms with van der Waals surface area (Å²) in [5.74, 6) is -1.41. The fourth-order valence-corrected chi connectivity index (χ4v) is 4.54. The normalized spacial score (nSPS) is 43.8. The third-order valence-corrected chi connectivity index (χ3v) is 5.16. The number of carbonyl (C=O) groups excluding carboxylic acids is 4. The van der Waals surface area contributed by atoms with E-state index in [0.717, 1.165) is 11.3 Å². The van der Waals surface area contributed by atoms with Crippen LogP contribution in [0.1, 0.15) is 25.7 Å². The van der Waals surface area contributed by atoms with Crippen LogP contribution in [0.2, 0.25) is 0 Å². The molecular formula is C14H13NO4. The van der Waals surface area contributed by atoms with E-state index in [1.54, 1.807) is 0 Å². The van der Waals surface area contributed by atoms with Gasteiger partial charge in [0.1, 0.15) is 11.3 Å². The van der Waals surface area contributed by atoms with Crippen LogP contribution in [-0.4, -0.2) is 33.8 Å². The Kier molecular flexibility index (Phi) is 1.87. The molecule has 1 aliphatic heterocycles. The standard InChI is InChI=1S/C14H13NO4/c16-10-1-2-11(17)15(10)14-5-7-3-8(6-14)12(18)9(4-7)13(14)19/h1-2,7-9H,3-6H2. The SMILES string of the molecule is O=C1C2CC3CC1C(=O)C(N1C(=O)C=CC1=O)(C3)C2. The molecule has 0 saturated heterocycles. The molecular weight excluding hydrogens is 246 g/mol. The summed E-state index contributed by atoms with van der Waals surface area (Å²) < 4.78 is 0. The van der Waals surface area contributed by atoms with E-state index >= 15 is 0 Å². The Bertz CT molecular complexity index is 560. The van der Waals surface area contributed by atoms with E-state index in [1.807, 2.05) is 0 Å². The van der Waals surface area contributed by atoms with Crippen LogP contribution in [0.3, 0.4) is 0 Å². The third kappa shape index (κ3) is 1.16. The minimum atomic E-state index is -1.03. The number of carbonyl (C=O) groups is 4. The van der Waals surface area contributed by atoms with Gasteiger partial charge in [-0.05, 0) is 31.6 Å². The zero-order valence-corrected chi connectivity index (χ0v) is 10.3. The largest absolute Gasteiger partial charge is 0.299 e. The van der Waals surface area contributed by atoms with E-state index in [-0.39, 0.29) is 17.5 Å². The van der Waals surface area contributed by atoms with Gasteiger partial charge < -0.3 is 0 Å². The number of hydrogen-bond donors (Lipinski definition) is 0. The molecule has 19 heavy (non-hydrogen) atoms. The first-order valence-corrected chi connectivity index (χ1v) is 6.67. The van der Waals surface area contributed by atoms with Gasteiger partial charge in [-0.2, -0.15) is 0 Å². The van der Waals surface area contributed by atoms with Crippen molar-refractivity contribution in [3.8, 4) is 0 Å². The van der Waals surface area contributed by atoms with Crippen LogP contribution in [-0.2, 0) is 19.2 Å². The minimum Gasteiger partial charge on any atom is -0.299 e. The van der Waals surface area contributed by atoms with Crippen molar-refractivity contribution >= 4 is 23.4 Å². The van der Waals surface area contributed by atoms with Gasteiger partial charge in [0.15, 0.2) is 5.78 Å². The highest BCUT2D eigenvalue weighted by Crippen LogP contribution is 2.54. The van der Waals surface area contributed by atoms with E-state index in [1.165, 1.54) is 12.2 Å². The zero-order valence-electron chi connectivity index (χ0n) is 10.3. The van der Waals surface area contributed by atoms with Gasteiger partial charge in [0.25, 0.3) is 11.8 Å². The smallest absolute Gasteiger partial charge is 0.254 e. The van der Waals surface area contributed by atoms with Crippen LogP contribution >= 0.6 is 0 Å². The number of nitrogens with zero attached hydrogens (tertiary/aromatic N) is 1. The molecule has 4 unspecified atom stereocenters. The van der Waals surface area contributed by atoms with Crippen LogP contribution in [0.5, 0.6) is 0 Å². The number of amides is 2. The molecule has 0 N–H and O–H groups in total. The van der Waals surface area contributed by atoms with Crippen LogP contribution < -0.4 is 0 Å². The lowest BCUT2D eigenvalue weighted by Crippen LogP contribution is -2.69. The summed E-state index contributed by atoms with van der Waals surface area (Å²) in [4.78, 5) is 49.6. The molecule has 4 atom stereocenters. The topological polar surface area (TPSA) is 71.5 Å². The van der Waals surface area contributed by atoms with Crippen LogP contribution in [0.4, 0.5) is 0 Å². The fourth-order valence-electron chi connectivity index (χ4n) is 4.54. The lowest BCUT2D eigenvalue weighted by Gasteiger charge is -2.56. The Morgan fingerprint density at radius 2 is 1.68 bits per heavy atom. The average Bonchev–Trinajstić information content (AvgIpc) is 2.71. The molecule has 4 aliphatic carbocycles. The molecule has 0 aromatic heterocycles. The van der Waals surface area contributed by atoms with Gasteiger partial charge in [0.2, 0.25) is 0 Å². The summed E-state index contributed by atoms with van der Waals surface area (Å²) in [5.41, 5.74) is -1.03. The molecule has 5 aliphatic rings. The van der Waals surface area contributed by atoms with Crippen molar-refractivity contribution in [2.24, 2.45) is 17.8 Å². The average molecular weight is 259 g/mol. The Morgan fingerprint density at radius 3 is 2.37 bits per heavy atom. The second kappa shape index (κ2) is 3.21. The molecule has 0 spiro atoms. The molecule has 0 aromatic rings. The molecule has 5 nitrogen and oxygen atoms in total. The quantitative estimate of drug-likeness (QED) is 0.499. The highest BCUT2D eigenvalue weighted by Gasteiger charge is 2.65. The van der Waals surface area contributed by atoms with Crippen molar-refractivity contribution in [3.63, 3.8) is 0 Å². The predicted octanol–water partition coefficient (Wildman–Crippen LogP) is 0.238. The monoisotopic (exact) mass is 259 g/mol. The number of hydrogen-bond acceptors (Lipinski definition) is 4. The number of imide groups is 1. The molecule has 4 fully saturated rings. The molecule has 5 rings (SSSR count). The highest BCUT2D eigenvalue weighted by molar-refractivity contribution is 6.20. The maximum atomic E-state index is 12.6. The van der Waals surface area contributed by atoms with Gasteiger partial charge in [0.05, 0.1) is 5.92 Å². The first-order chi connectivity index (χ1) is 9.03. The summed E-state index contributed by atoms with van der Waals surface area (Å²) in [6.07, 6.45) is 4.75. The van der Waals surface area contributed by atoms with Crippen molar-refractivity contribution in [2.45, 2.75) is 31.2 Å². The first-order valence-electron chi connectivity index (χ1n) is 6.67. The van der Waals surface area contributed by atoms with E-state index < -0.39 is 23.3 Å². The molecule has 4 bridgehead atoms. The van der Waals surface area contributed by atoms with Gasteiger partial charge in [-0.15, -0.1) is 0 Å².